The molecule has 6 nitrogen and oxygen atoms in total. The first kappa shape index (κ1) is 21.9. The summed E-state index contributed by atoms with van der Waals surface area (Å²) in [6.45, 7) is 5.20. The highest BCUT2D eigenvalue weighted by Crippen LogP contribution is 2.31. The first-order chi connectivity index (χ1) is 12.1. The Morgan fingerprint density at radius 1 is 1.27 bits per heavy atom. The summed E-state index contributed by atoms with van der Waals surface area (Å²) in [7, 11) is 1.21. The maximum Gasteiger partial charge on any atom is 0.408 e. The van der Waals surface area contributed by atoms with Crippen LogP contribution in [0, 0.1) is 12.3 Å². The van der Waals surface area contributed by atoms with E-state index in [9.17, 15) is 9.59 Å². The summed E-state index contributed by atoms with van der Waals surface area (Å²) < 4.78 is 15.2. The molecule has 0 heterocycles. The first-order valence-electron chi connectivity index (χ1n) is 7.69. The molecule has 0 aliphatic heterocycles. The van der Waals surface area contributed by atoms with Crippen molar-refractivity contribution in [2.45, 2.75) is 38.8 Å². The van der Waals surface area contributed by atoms with E-state index in [-0.39, 0.29) is 23.1 Å². The van der Waals surface area contributed by atoms with Crippen LogP contribution in [0.5, 0.6) is 5.75 Å². The Labute approximate surface area is 163 Å². The van der Waals surface area contributed by atoms with Crippen molar-refractivity contribution < 1.29 is 23.8 Å². The second-order valence-corrected chi connectivity index (χ2v) is 7.10. The molecule has 1 atom stereocenters. The van der Waals surface area contributed by atoms with Crippen LogP contribution < -0.4 is 10.1 Å². The Morgan fingerprint density at radius 2 is 1.85 bits per heavy atom. The van der Waals surface area contributed by atoms with Gasteiger partial charge in [0, 0.05) is 16.5 Å². The third-order valence-corrected chi connectivity index (χ3v) is 3.70. The third kappa shape index (κ3) is 7.03. The van der Waals surface area contributed by atoms with Crippen molar-refractivity contribution in [1.29, 1.82) is 0 Å². The van der Waals surface area contributed by atoms with Crippen LogP contribution in [0.15, 0.2) is 12.1 Å². The quantitative estimate of drug-likeness (QED) is 0.581. The van der Waals surface area contributed by atoms with Crippen LogP contribution >= 0.6 is 23.2 Å². The normalized spacial score (nSPS) is 11.9. The van der Waals surface area contributed by atoms with Crippen molar-refractivity contribution in [2.24, 2.45) is 0 Å². The van der Waals surface area contributed by atoms with Gasteiger partial charge in [-0.1, -0.05) is 29.1 Å². The molecule has 0 aromatic heterocycles. The minimum absolute atomic E-state index is 0.0129. The second-order valence-electron chi connectivity index (χ2n) is 6.28. The van der Waals surface area contributed by atoms with Gasteiger partial charge in [-0.3, -0.25) is 0 Å². The molecule has 1 amide bonds. The summed E-state index contributed by atoms with van der Waals surface area (Å²) in [6, 6.07) is 2.03. The van der Waals surface area contributed by atoms with Gasteiger partial charge < -0.3 is 19.5 Å². The topological polar surface area (TPSA) is 73.9 Å². The first-order valence-corrected chi connectivity index (χ1v) is 8.44. The van der Waals surface area contributed by atoms with Crippen LogP contribution in [0.2, 0.25) is 10.0 Å². The molecule has 0 fully saturated rings. The molecule has 0 saturated heterocycles. The van der Waals surface area contributed by atoms with Crippen molar-refractivity contribution >= 4 is 35.3 Å². The summed E-state index contributed by atoms with van der Waals surface area (Å²) in [5, 5.41) is 3.00. The Morgan fingerprint density at radius 3 is 2.31 bits per heavy atom. The highest BCUT2D eigenvalue weighted by Gasteiger charge is 2.27. The van der Waals surface area contributed by atoms with Crippen molar-refractivity contribution in [2.75, 3.05) is 13.7 Å². The van der Waals surface area contributed by atoms with E-state index in [1.165, 1.54) is 19.2 Å². The Kier molecular flexibility index (Phi) is 8.07. The third-order valence-electron chi connectivity index (χ3n) is 3.02. The maximum atomic E-state index is 12.0. The molecule has 1 aromatic carbocycles. The van der Waals surface area contributed by atoms with Crippen LogP contribution in [0.25, 0.3) is 0 Å². The SMILES string of the molecule is C#CCOc1cc(Cl)c(C[C@H](NC(=O)OC(C)(C)C)C(=O)OC)c(Cl)c1. The molecule has 0 bridgehead atoms. The summed E-state index contributed by atoms with van der Waals surface area (Å²) in [4.78, 5) is 24.0. The lowest BCUT2D eigenvalue weighted by Gasteiger charge is -2.23. The number of halogens is 2. The number of terminal acetylenes is 1. The fraction of sp³-hybridized carbons (Fsp3) is 0.444. The number of amides is 1. The Bertz CT molecular complexity index is 684. The number of ether oxygens (including phenoxy) is 3. The van der Waals surface area contributed by atoms with Gasteiger partial charge in [-0.05, 0) is 38.5 Å². The maximum absolute atomic E-state index is 12.0. The fourth-order valence-corrected chi connectivity index (χ4v) is 2.59. The number of hydrogen-bond acceptors (Lipinski definition) is 5. The number of methoxy groups -OCH3 is 1. The molecule has 0 unspecified atom stereocenters. The molecule has 142 valence electrons. The Balaban J connectivity index is 3.00. The number of hydrogen-bond donors (Lipinski definition) is 1. The zero-order valence-corrected chi connectivity index (χ0v) is 16.5. The second kappa shape index (κ2) is 9.56. The van der Waals surface area contributed by atoms with E-state index in [4.69, 9.17) is 43.8 Å². The summed E-state index contributed by atoms with van der Waals surface area (Å²) in [5.41, 5.74) is -0.261. The van der Waals surface area contributed by atoms with E-state index in [1.807, 2.05) is 0 Å². The van der Waals surface area contributed by atoms with E-state index in [2.05, 4.69) is 11.2 Å². The van der Waals surface area contributed by atoms with Gasteiger partial charge in [-0.2, -0.15) is 0 Å². The lowest BCUT2D eigenvalue weighted by molar-refractivity contribution is -0.143. The van der Waals surface area contributed by atoms with Gasteiger partial charge in [0.2, 0.25) is 0 Å². The van der Waals surface area contributed by atoms with Gasteiger partial charge in [-0.25, -0.2) is 9.59 Å². The number of carbonyl (C=O) groups excluding carboxylic acids is 2. The van der Waals surface area contributed by atoms with Crippen LogP contribution in [0.1, 0.15) is 26.3 Å². The predicted octanol–water partition coefficient (Wildman–Crippen LogP) is 3.61. The molecule has 26 heavy (non-hydrogen) atoms. The van der Waals surface area contributed by atoms with Crippen LogP contribution in [0.3, 0.4) is 0 Å². The average molecular weight is 402 g/mol. The van der Waals surface area contributed by atoms with Gasteiger partial charge >= 0.3 is 12.1 Å². The molecule has 1 rings (SSSR count). The molecule has 0 spiro atoms. The molecule has 0 saturated carbocycles. The zero-order valence-electron chi connectivity index (χ0n) is 15.0. The van der Waals surface area contributed by atoms with Crippen molar-refractivity contribution in [3.63, 3.8) is 0 Å². The van der Waals surface area contributed by atoms with Gasteiger partial charge in [-0.15, -0.1) is 6.42 Å². The summed E-state index contributed by atoms with van der Waals surface area (Å²) >= 11 is 12.5. The van der Waals surface area contributed by atoms with Crippen molar-refractivity contribution in [3.8, 4) is 18.1 Å². The molecule has 0 aliphatic rings. The molecular formula is C18H21Cl2NO5. The van der Waals surface area contributed by atoms with Gasteiger partial charge in [0.05, 0.1) is 7.11 Å². The molecule has 8 heteroatoms. The molecular weight excluding hydrogens is 381 g/mol. The Hall–Kier alpha value is -2.10. The number of carbonyl (C=O) groups is 2. The van der Waals surface area contributed by atoms with Crippen molar-refractivity contribution in [1.82, 2.24) is 5.32 Å². The summed E-state index contributed by atoms with van der Waals surface area (Å²) in [5.74, 6) is 2.08. The van der Waals surface area contributed by atoms with E-state index >= 15 is 0 Å². The van der Waals surface area contributed by atoms with E-state index in [0.717, 1.165) is 0 Å². The van der Waals surface area contributed by atoms with E-state index in [0.29, 0.717) is 11.3 Å². The van der Waals surface area contributed by atoms with Gasteiger partial charge in [0.1, 0.15) is 24.0 Å². The smallest absolute Gasteiger partial charge is 0.408 e. The highest BCUT2D eigenvalue weighted by molar-refractivity contribution is 6.36. The van der Waals surface area contributed by atoms with E-state index < -0.39 is 23.7 Å². The van der Waals surface area contributed by atoms with Crippen molar-refractivity contribution in [3.05, 3.63) is 27.7 Å². The fourth-order valence-electron chi connectivity index (χ4n) is 1.97. The van der Waals surface area contributed by atoms with E-state index in [1.54, 1.807) is 20.8 Å². The standard InChI is InChI=1S/C18H21Cl2NO5/c1-6-7-25-11-8-13(19)12(14(20)9-11)10-15(16(22)24-5)21-17(23)26-18(2,3)4/h1,8-9,15H,7,10H2,2-5H3,(H,21,23)/t15-/m0/s1. The van der Waals surface area contributed by atoms with Gasteiger partial charge in [0.25, 0.3) is 0 Å². The number of esters is 1. The highest BCUT2D eigenvalue weighted by atomic mass is 35.5. The molecule has 0 radical (unpaired) electrons. The largest absolute Gasteiger partial charge is 0.481 e. The minimum Gasteiger partial charge on any atom is -0.481 e. The summed E-state index contributed by atoms with van der Waals surface area (Å²) in [6.07, 6.45) is 4.40. The lowest BCUT2D eigenvalue weighted by Crippen LogP contribution is -2.45. The van der Waals surface area contributed by atoms with Crippen LogP contribution in [0.4, 0.5) is 4.79 Å². The number of alkyl carbamates (subject to hydrolysis) is 1. The number of benzene rings is 1. The monoisotopic (exact) mass is 401 g/mol. The molecule has 1 N–H and O–H groups in total. The zero-order chi connectivity index (χ0) is 19.9. The molecule has 0 aliphatic carbocycles. The van der Waals surface area contributed by atoms with Gasteiger partial charge in [0.15, 0.2) is 0 Å². The number of rotatable bonds is 6. The number of nitrogens with one attached hydrogen (secondary N) is 1. The lowest BCUT2D eigenvalue weighted by atomic mass is 10.1. The average Bonchev–Trinajstić information content (AvgIpc) is 2.52. The van der Waals surface area contributed by atoms with Crippen LogP contribution in [-0.2, 0) is 20.7 Å². The molecule has 1 aromatic rings. The van der Waals surface area contributed by atoms with Crippen LogP contribution in [-0.4, -0.2) is 37.4 Å². The minimum atomic E-state index is -1.03. The predicted molar refractivity (Wildman–Crippen MR) is 99.7 cm³/mol.